The molecule has 158 valence electrons. The summed E-state index contributed by atoms with van der Waals surface area (Å²) in [6, 6.07) is 12.8. The molecule has 1 aliphatic heterocycles. The second-order valence-electron chi connectivity index (χ2n) is 7.46. The zero-order valence-electron chi connectivity index (χ0n) is 17.4. The Morgan fingerprint density at radius 1 is 1.03 bits per heavy atom. The number of anilines is 2. The van der Waals surface area contributed by atoms with Crippen molar-refractivity contribution in [1.82, 2.24) is 4.31 Å². The van der Waals surface area contributed by atoms with Crippen LogP contribution in [0.25, 0.3) is 0 Å². The van der Waals surface area contributed by atoms with Crippen molar-refractivity contribution in [3.63, 3.8) is 0 Å². The first-order chi connectivity index (χ1) is 13.9. The molecule has 2 aromatic rings. The van der Waals surface area contributed by atoms with Crippen LogP contribution in [0.1, 0.15) is 19.8 Å². The monoisotopic (exact) mass is 435 g/mol. The van der Waals surface area contributed by atoms with Gasteiger partial charge in [-0.3, -0.25) is 4.72 Å². The molecule has 0 aliphatic carbocycles. The predicted molar refractivity (Wildman–Crippen MR) is 120 cm³/mol. The predicted octanol–water partition coefficient (Wildman–Crippen LogP) is 3.65. The highest BCUT2D eigenvalue weighted by molar-refractivity contribution is 7.86. The lowest BCUT2D eigenvalue weighted by molar-refractivity contribution is 0.413. The summed E-state index contributed by atoms with van der Waals surface area (Å²) in [5.41, 5.74) is 1.83. The summed E-state index contributed by atoms with van der Waals surface area (Å²) in [5, 5.41) is 0. The zero-order chi connectivity index (χ0) is 21.0. The van der Waals surface area contributed by atoms with Gasteiger partial charge in [0, 0.05) is 19.2 Å². The first-order valence-corrected chi connectivity index (χ1v) is 12.0. The van der Waals surface area contributed by atoms with Crippen molar-refractivity contribution < 1.29 is 13.2 Å². The normalized spacial score (nSPS) is 17.2. The van der Waals surface area contributed by atoms with Crippen molar-refractivity contribution >= 4 is 33.3 Å². The maximum absolute atomic E-state index is 12.9. The Balaban J connectivity index is 1.80. The van der Waals surface area contributed by atoms with Gasteiger partial charge in [-0.2, -0.15) is 0 Å². The summed E-state index contributed by atoms with van der Waals surface area (Å²) in [6.07, 6.45) is 2.29. The fourth-order valence-corrected chi connectivity index (χ4v) is 4.95. The standard InChI is InChI=1S/C21H29N3O3S2/c1-16-11-13-24(14-12-16)21-15-17(27-4)5-10-20(21)22-28(25)18-6-8-19(9-7-18)29(26)23(2)3/h5-10,15-16,22H,11-14H2,1-4H3. The molecule has 2 unspecified atom stereocenters. The molecule has 1 aliphatic rings. The van der Waals surface area contributed by atoms with E-state index < -0.39 is 22.0 Å². The summed E-state index contributed by atoms with van der Waals surface area (Å²) in [5.74, 6) is 1.51. The smallest absolute Gasteiger partial charge is 0.150 e. The van der Waals surface area contributed by atoms with Gasteiger partial charge in [-0.1, -0.05) is 6.92 Å². The lowest BCUT2D eigenvalue weighted by Crippen LogP contribution is -2.33. The van der Waals surface area contributed by atoms with E-state index in [1.54, 1.807) is 49.8 Å². The van der Waals surface area contributed by atoms with E-state index in [1.165, 1.54) is 0 Å². The molecule has 2 atom stereocenters. The van der Waals surface area contributed by atoms with Gasteiger partial charge in [-0.25, -0.2) is 12.7 Å². The Morgan fingerprint density at radius 2 is 1.66 bits per heavy atom. The van der Waals surface area contributed by atoms with Crippen molar-refractivity contribution in [1.29, 1.82) is 0 Å². The Kier molecular flexibility index (Phi) is 7.32. The molecule has 8 heteroatoms. The number of nitrogens with zero attached hydrogens (tertiary/aromatic N) is 2. The van der Waals surface area contributed by atoms with Crippen LogP contribution in [0, 0.1) is 5.92 Å². The molecule has 1 fully saturated rings. The van der Waals surface area contributed by atoms with Gasteiger partial charge in [0.2, 0.25) is 0 Å². The molecule has 1 saturated heterocycles. The molecule has 0 amide bonds. The topological polar surface area (TPSA) is 61.9 Å². The minimum absolute atomic E-state index is 0.638. The molecule has 0 saturated carbocycles. The quantitative estimate of drug-likeness (QED) is 0.721. The zero-order valence-corrected chi connectivity index (χ0v) is 19.0. The SMILES string of the molecule is COc1ccc(NS(=O)c2ccc(S(=O)N(C)C)cc2)c(N2CCC(C)CC2)c1. The van der Waals surface area contributed by atoms with Gasteiger partial charge in [0.15, 0.2) is 0 Å². The van der Waals surface area contributed by atoms with Gasteiger partial charge in [0.1, 0.15) is 27.7 Å². The summed E-state index contributed by atoms with van der Waals surface area (Å²) in [7, 11) is 2.53. The number of ether oxygens (including phenoxy) is 1. The lowest BCUT2D eigenvalue weighted by Gasteiger charge is -2.33. The third-order valence-corrected chi connectivity index (χ3v) is 7.55. The third-order valence-electron chi connectivity index (χ3n) is 5.10. The summed E-state index contributed by atoms with van der Waals surface area (Å²) >= 11 is 0. The highest BCUT2D eigenvalue weighted by Gasteiger charge is 2.20. The molecular formula is C21H29N3O3S2. The lowest BCUT2D eigenvalue weighted by atomic mass is 9.98. The van der Waals surface area contributed by atoms with E-state index in [2.05, 4.69) is 16.5 Å². The molecule has 1 N–H and O–H groups in total. The van der Waals surface area contributed by atoms with E-state index in [-0.39, 0.29) is 0 Å². The van der Waals surface area contributed by atoms with Crippen molar-refractivity contribution in [2.45, 2.75) is 29.6 Å². The maximum atomic E-state index is 12.9. The van der Waals surface area contributed by atoms with Gasteiger partial charge >= 0.3 is 0 Å². The largest absolute Gasteiger partial charge is 0.497 e. The van der Waals surface area contributed by atoms with E-state index in [1.807, 2.05) is 18.2 Å². The van der Waals surface area contributed by atoms with Crippen LogP contribution in [0.2, 0.25) is 0 Å². The average Bonchev–Trinajstić information content (AvgIpc) is 2.74. The van der Waals surface area contributed by atoms with Gasteiger partial charge in [0.25, 0.3) is 0 Å². The molecule has 3 rings (SSSR count). The van der Waals surface area contributed by atoms with E-state index in [0.717, 1.165) is 49.0 Å². The van der Waals surface area contributed by atoms with Crippen molar-refractivity contribution in [2.24, 2.45) is 5.92 Å². The molecule has 0 spiro atoms. The van der Waals surface area contributed by atoms with Crippen LogP contribution >= 0.6 is 0 Å². The number of nitrogens with one attached hydrogen (secondary N) is 1. The van der Waals surface area contributed by atoms with Crippen LogP contribution in [0.5, 0.6) is 5.75 Å². The number of hydrogen-bond donors (Lipinski definition) is 1. The van der Waals surface area contributed by atoms with E-state index in [9.17, 15) is 8.42 Å². The molecule has 0 aromatic heterocycles. The second kappa shape index (κ2) is 9.73. The number of benzene rings is 2. The molecule has 1 heterocycles. The third kappa shape index (κ3) is 5.38. The van der Waals surface area contributed by atoms with E-state index in [0.29, 0.717) is 9.79 Å². The van der Waals surface area contributed by atoms with Crippen molar-refractivity contribution in [3.8, 4) is 5.75 Å². The Bertz CT molecular complexity index is 879. The average molecular weight is 436 g/mol. The van der Waals surface area contributed by atoms with Gasteiger partial charge in [-0.05, 0) is 69.3 Å². The first kappa shape index (κ1) is 21.8. The Labute approximate surface area is 178 Å². The molecular weight excluding hydrogens is 406 g/mol. The number of piperidine rings is 1. The van der Waals surface area contributed by atoms with Crippen LogP contribution in [-0.4, -0.2) is 47.0 Å². The van der Waals surface area contributed by atoms with E-state index >= 15 is 0 Å². The number of rotatable bonds is 7. The summed E-state index contributed by atoms with van der Waals surface area (Å²) in [4.78, 5) is 3.65. The molecule has 2 aromatic carbocycles. The highest BCUT2D eigenvalue weighted by Crippen LogP contribution is 2.34. The minimum Gasteiger partial charge on any atom is -0.497 e. The maximum Gasteiger partial charge on any atom is 0.150 e. The second-order valence-corrected chi connectivity index (χ2v) is 10.4. The van der Waals surface area contributed by atoms with Gasteiger partial charge in [0.05, 0.1) is 28.3 Å². The van der Waals surface area contributed by atoms with Crippen LogP contribution < -0.4 is 14.4 Å². The fourth-order valence-electron chi connectivity index (χ4n) is 3.29. The highest BCUT2D eigenvalue weighted by atomic mass is 32.2. The molecule has 0 bridgehead atoms. The van der Waals surface area contributed by atoms with Crippen molar-refractivity contribution in [2.75, 3.05) is 43.9 Å². The van der Waals surface area contributed by atoms with Crippen LogP contribution in [0.15, 0.2) is 52.3 Å². The molecule has 0 radical (unpaired) electrons. The Morgan fingerprint density at radius 3 is 2.24 bits per heavy atom. The number of hydrogen-bond acceptors (Lipinski definition) is 4. The number of methoxy groups -OCH3 is 1. The summed E-state index contributed by atoms with van der Waals surface area (Å²) < 4.78 is 35.3. The van der Waals surface area contributed by atoms with E-state index in [4.69, 9.17) is 4.74 Å². The van der Waals surface area contributed by atoms with Gasteiger partial charge in [-0.15, -0.1) is 0 Å². The van der Waals surface area contributed by atoms with Crippen molar-refractivity contribution in [3.05, 3.63) is 42.5 Å². The molecule has 29 heavy (non-hydrogen) atoms. The Hall–Kier alpha value is -1.90. The van der Waals surface area contributed by atoms with Crippen LogP contribution in [0.4, 0.5) is 11.4 Å². The first-order valence-electron chi connectivity index (χ1n) is 9.69. The van der Waals surface area contributed by atoms with Crippen LogP contribution in [-0.2, 0) is 22.0 Å². The fraction of sp³-hybridized carbons (Fsp3) is 0.429. The van der Waals surface area contributed by atoms with Gasteiger partial charge < -0.3 is 9.64 Å². The van der Waals surface area contributed by atoms with Crippen LogP contribution in [0.3, 0.4) is 0 Å². The minimum atomic E-state index is -1.43. The summed E-state index contributed by atoms with van der Waals surface area (Å²) in [6.45, 7) is 4.23. The molecule has 6 nitrogen and oxygen atoms in total.